The van der Waals surface area contributed by atoms with Crippen LogP contribution in [0.15, 0.2) is 127 Å². The molecule has 0 aliphatic heterocycles. The maximum atomic E-state index is 2.52. The lowest BCUT2D eigenvalue weighted by molar-refractivity contribution is 0.666. The number of thiophene rings is 1. The Morgan fingerprint density at radius 2 is 1.24 bits per heavy atom. The van der Waals surface area contributed by atoms with Gasteiger partial charge in [-0.15, -0.1) is 11.3 Å². The van der Waals surface area contributed by atoms with E-state index in [4.69, 9.17) is 0 Å². The summed E-state index contributed by atoms with van der Waals surface area (Å²) >= 11 is 1.90. The highest BCUT2D eigenvalue weighted by Gasteiger charge is 2.37. The Morgan fingerprint density at radius 1 is 0.565 bits per heavy atom. The zero-order chi connectivity index (χ0) is 30.6. The third-order valence-corrected chi connectivity index (χ3v) is 11.8. The van der Waals surface area contributed by atoms with Crippen LogP contribution in [0, 0.1) is 0 Å². The number of allylic oxidation sites excluding steroid dienone is 1. The Kier molecular flexibility index (Phi) is 5.43. The first-order chi connectivity index (χ1) is 22.6. The van der Waals surface area contributed by atoms with Crippen LogP contribution < -0.4 is 0 Å². The van der Waals surface area contributed by atoms with Crippen molar-refractivity contribution >= 4 is 59.1 Å². The predicted molar refractivity (Wildman–Crippen MR) is 200 cm³/mol. The van der Waals surface area contributed by atoms with E-state index in [1.165, 1.54) is 97.4 Å². The molecule has 1 heteroatoms. The second-order valence-corrected chi connectivity index (χ2v) is 14.6. The van der Waals surface area contributed by atoms with Crippen molar-refractivity contribution in [1.29, 1.82) is 0 Å². The average molecular weight is 605 g/mol. The highest BCUT2D eigenvalue weighted by molar-refractivity contribution is 7.25. The molecule has 7 aromatic carbocycles. The standard InChI is InChI=1S/C45H32S/c1-45(2)39-25-28(20-22-31(39)38-24-19-27-11-3-4-12-30(27)44(38)45)42-34-14-5-7-16-36(34)43(37-17-8-6-15-35(37)42)29-21-23-33-32-13-9-10-18-40(32)46-41(33)26-29/h3-5,7-14,16-26H,6,15H2,1-2H3. The lowest BCUT2D eigenvalue weighted by atomic mass is 9.77. The minimum Gasteiger partial charge on any atom is -0.135 e. The monoisotopic (exact) mass is 604 g/mol. The van der Waals surface area contributed by atoms with Crippen molar-refractivity contribution in [3.8, 4) is 33.4 Å². The summed E-state index contributed by atoms with van der Waals surface area (Å²) in [6.45, 7) is 4.83. The lowest BCUT2D eigenvalue weighted by Crippen LogP contribution is -2.15. The predicted octanol–water partition coefficient (Wildman–Crippen LogP) is 13.0. The van der Waals surface area contributed by atoms with Crippen LogP contribution in [-0.4, -0.2) is 0 Å². The van der Waals surface area contributed by atoms with E-state index in [2.05, 4.69) is 147 Å². The molecule has 0 unspecified atom stereocenters. The summed E-state index contributed by atoms with van der Waals surface area (Å²) < 4.78 is 2.71. The highest BCUT2D eigenvalue weighted by atomic mass is 32.1. The van der Waals surface area contributed by atoms with E-state index in [-0.39, 0.29) is 5.41 Å². The van der Waals surface area contributed by atoms with Crippen LogP contribution in [0.2, 0.25) is 0 Å². The van der Waals surface area contributed by atoms with E-state index >= 15 is 0 Å². The van der Waals surface area contributed by atoms with Crippen molar-refractivity contribution in [3.05, 3.63) is 150 Å². The zero-order valence-corrected chi connectivity index (χ0v) is 26.8. The van der Waals surface area contributed by atoms with Crippen molar-refractivity contribution < 1.29 is 0 Å². The van der Waals surface area contributed by atoms with Gasteiger partial charge in [0.2, 0.25) is 0 Å². The van der Waals surface area contributed by atoms with Gasteiger partial charge in [0.25, 0.3) is 0 Å². The van der Waals surface area contributed by atoms with Crippen molar-refractivity contribution in [3.63, 3.8) is 0 Å². The molecule has 0 radical (unpaired) electrons. The lowest BCUT2D eigenvalue weighted by Gasteiger charge is -2.26. The van der Waals surface area contributed by atoms with E-state index in [1.807, 2.05) is 11.3 Å². The molecule has 2 aliphatic carbocycles. The molecule has 0 bridgehead atoms. The summed E-state index contributed by atoms with van der Waals surface area (Å²) in [7, 11) is 0. The van der Waals surface area contributed by atoms with E-state index in [9.17, 15) is 0 Å². The van der Waals surface area contributed by atoms with Crippen molar-refractivity contribution in [2.45, 2.75) is 32.1 Å². The molecule has 0 saturated carbocycles. The first-order valence-electron chi connectivity index (χ1n) is 16.4. The van der Waals surface area contributed by atoms with Gasteiger partial charge in [0.15, 0.2) is 0 Å². The van der Waals surface area contributed by atoms with Crippen molar-refractivity contribution in [1.82, 2.24) is 0 Å². The molecule has 10 rings (SSSR count). The molecule has 0 saturated heterocycles. The van der Waals surface area contributed by atoms with Gasteiger partial charge in [-0.3, -0.25) is 0 Å². The minimum atomic E-state index is -0.0864. The fourth-order valence-corrected chi connectivity index (χ4v) is 9.81. The quantitative estimate of drug-likeness (QED) is 0.184. The topological polar surface area (TPSA) is 0 Å². The minimum absolute atomic E-state index is 0.0864. The normalized spacial score (nSPS) is 14.7. The molecule has 0 atom stereocenters. The molecule has 1 aromatic heterocycles. The number of rotatable bonds is 2. The fraction of sp³-hybridized carbons (Fsp3) is 0.111. The van der Waals surface area contributed by atoms with Crippen LogP contribution in [0.1, 0.15) is 42.5 Å². The van der Waals surface area contributed by atoms with Gasteiger partial charge in [-0.1, -0.05) is 129 Å². The molecule has 2 aliphatic rings. The van der Waals surface area contributed by atoms with E-state index in [0.29, 0.717) is 0 Å². The molecule has 8 aromatic rings. The van der Waals surface area contributed by atoms with Gasteiger partial charge in [0, 0.05) is 25.6 Å². The van der Waals surface area contributed by atoms with Gasteiger partial charge in [0.05, 0.1) is 0 Å². The van der Waals surface area contributed by atoms with E-state index < -0.39 is 0 Å². The Hall–Kier alpha value is -4.98. The number of benzene rings is 7. The second kappa shape index (κ2) is 9.52. The highest BCUT2D eigenvalue weighted by Crippen LogP contribution is 2.53. The van der Waals surface area contributed by atoms with Crippen molar-refractivity contribution in [2.75, 3.05) is 0 Å². The number of hydrogen-bond acceptors (Lipinski definition) is 1. The molecule has 218 valence electrons. The third-order valence-electron chi connectivity index (χ3n) is 10.7. The SMILES string of the molecule is CC1(C)c2cc(-c3c4c(c(-c5ccc6c(c5)sc5ccccc56)c5ccccc35)C=CCC4)ccc2-c2ccc3ccccc3c21. The summed E-state index contributed by atoms with van der Waals surface area (Å²) in [4.78, 5) is 0. The maximum Gasteiger partial charge on any atom is 0.0361 e. The Bertz CT molecular complexity index is 2610. The summed E-state index contributed by atoms with van der Waals surface area (Å²) in [5.74, 6) is 0. The molecule has 0 nitrogen and oxygen atoms in total. The Balaban J connectivity index is 1.22. The van der Waals surface area contributed by atoms with Gasteiger partial charge in [-0.25, -0.2) is 0 Å². The first kappa shape index (κ1) is 26.3. The molecule has 0 spiro atoms. The van der Waals surface area contributed by atoms with Gasteiger partial charge in [0.1, 0.15) is 0 Å². The maximum absolute atomic E-state index is 2.52. The van der Waals surface area contributed by atoms with Gasteiger partial charge in [-0.2, -0.15) is 0 Å². The number of hydrogen-bond donors (Lipinski definition) is 0. The van der Waals surface area contributed by atoms with Gasteiger partial charge < -0.3 is 0 Å². The van der Waals surface area contributed by atoms with Crippen LogP contribution >= 0.6 is 11.3 Å². The van der Waals surface area contributed by atoms with Crippen LogP contribution in [-0.2, 0) is 11.8 Å². The Labute approximate surface area is 273 Å². The molecule has 0 fully saturated rings. The largest absolute Gasteiger partial charge is 0.135 e. The second-order valence-electron chi connectivity index (χ2n) is 13.5. The summed E-state index contributed by atoms with van der Waals surface area (Å²) in [6.07, 6.45) is 6.89. The average Bonchev–Trinajstić information content (AvgIpc) is 3.58. The summed E-state index contributed by atoms with van der Waals surface area (Å²) in [6, 6.07) is 45.8. The molecule has 46 heavy (non-hydrogen) atoms. The smallest absolute Gasteiger partial charge is 0.0361 e. The van der Waals surface area contributed by atoms with Gasteiger partial charge in [-0.05, 0) is 108 Å². The molecule has 0 N–H and O–H groups in total. The van der Waals surface area contributed by atoms with Crippen LogP contribution in [0.25, 0.3) is 81.2 Å². The third kappa shape index (κ3) is 3.55. The first-order valence-corrected chi connectivity index (χ1v) is 17.2. The van der Waals surface area contributed by atoms with E-state index in [0.717, 1.165) is 12.8 Å². The number of fused-ring (bicyclic) bond motifs is 10. The molecule has 0 amide bonds. The Morgan fingerprint density at radius 3 is 2.11 bits per heavy atom. The molecule has 1 heterocycles. The van der Waals surface area contributed by atoms with E-state index in [1.54, 1.807) is 0 Å². The summed E-state index contributed by atoms with van der Waals surface area (Å²) in [5.41, 5.74) is 13.8. The van der Waals surface area contributed by atoms with Crippen LogP contribution in [0.5, 0.6) is 0 Å². The van der Waals surface area contributed by atoms with Gasteiger partial charge >= 0.3 is 0 Å². The van der Waals surface area contributed by atoms with Crippen molar-refractivity contribution in [2.24, 2.45) is 0 Å². The van der Waals surface area contributed by atoms with Crippen LogP contribution in [0.4, 0.5) is 0 Å². The summed E-state index contributed by atoms with van der Waals surface area (Å²) in [5, 5.41) is 8.07. The van der Waals surface area contributed by atoms with Crippen LogP contribution in [0.3, 0.4) is 0 Å². The molecular formula is C45H32S. The molecular weight excluding hydrogens is 573 g/mol. The fourth-order valence-electron chi connectivity index (χ4n) is 8.66. The zero-order valence-electron chi connectivity index (χ0n) is 26.0.